The SMILES string of the molecule is Cc1nnc2ccc(NCC(O)c3ccc(Cl)c(F)c3)nn12. The predicted molar refractivity (Wildman–Crippen MR) is 80.4 cm³/mol. The number of benzene rings is 1. The van der Waals surface area contributed by atoms with Crippen LogP contribution in [0.15, 0.2) is 30.3 Å². The molecule has 0 aliphatic rings. The highest BCUT2D eigenvalue weighted by Crippen LogP contribution is 2.20. The van der Waals surface area contributed by atoms with Gasteiger partial charge in [0.2, 0.25) is 0 Å². The Morgan fingerprint density at radius 1 is 1.32 bits per heavy atom. The molecule has 0 spiro atoms. The van der Waals surface area contributed by atoms with Gasteiger partial charge in [0.15, 0.2) is 11.5 Å². The van der Waals surface area contributed by atoms with E-state index in [-0.39, 0.29) is 11.6 Å². The maximum Gasteiger partial charge on any atom is 0.178 e. The van der Waals surface area contributed by atoms with Crippen LogP contribution in [0.4, 0.5) is 10.2 Å². The lowest BCUT2D eigenvalue weighted by molar-refractivity contribution is 0.191. The predicted octanol–water partition coefficient (Wildman–Crippen LogP) is 2.37. The fraction of sp³-hybridized carbons (Fsp3) is 0.214. The first-order chi connectivity index (χ1) is 10.5. The number of aryl methyl sites for hydroxylation is 1. The molecule has 0 fully saturated rings. The third kappa shape index (κ3) is 2.86. The van der Waals surface area contributed by atoms with Crippen LogP contribution in [-0.2, 0) is 0 Å². The maximum atomic E-state index is 13.4. The lowest BCUT2D eigenvalue weighted by atomic mass is 10.1. The zero-order valence-corrected chi connectivity index (χ0v) is 12.4. The summed E-state index contributed by atoms with van der Waals surface area (Å²) in [6, 6.07) is 7.72. The molecule has 3 rings (SSSR count). The van der Waals surface area contributed by atoms with E-state index in [2.05, 4.69) is 20.6 Å². The van der Waals surface area contributed by atoms with Crippen molar-refractivity contribution in [2.75, 3.05) is 11.9 Å². The van der Waals surface area contributed by atoms with Crippen LogP contribution >= 0.6 is 11.6 Å². The number of fused-ring (bicyclic) bond motifs is 1. The van der Waals surface area contributed by atoms with E-state index in [0.717, 1.165) is 0 Å². The number of rotatable bonds is 4. The van der Waals surface area contributed by atoms with Gasteiger partial charge >= 0.3 is 0 Å². The summed E-state index contributed by atoms with van der Waals surface area (Å²) in [6.45, 7) is 1.98. The van der Waals surface area contributed by atoms with Gasteiger partial charge in [0.05, 0.1) is 11.1 Å². The van der Waals surface area contributed by atoms with Crippen LogP contribution in [0.1, 0.15) is 17.5 Å². The van der Waals surface area contributed by atoms with E-state index in [4.69, 9.17) is 11.6 Å². The van der Waals surface area contributed by atoms with E-state index in [9.17, 15) is 9.50 Å². The molecular formula is C14H13ClFN5O. The molecule has 22 heavy (non-hydrogen) atoms. The van der Waals surface area contributed by atoms with E-state index in [0.29, 0.717) is 22.9 Å². The number of hydrogen-bond acceptors (Lipinski definition) is 5. The number of aliphatic hydroxyl groups is 1. The summed E-state index contributed by atoms with van der Waals surface area (Å²) in [6.07, 6.45) is -0.883. The van der Waals surface area contributed by atoms with Crippen LogP contribution in [0.3, 0.4) is 0 Å². The second kappa shape index (κ2) is 5.86. The highest BCUT2D eigenvalue weighted by atomic mass is 35.5. The lowest BCUT2D eigenvalue weighted by Gasteiger charge is -2.13. The van der Waals surface area contributed by atoms with Gasteiger partial charge < -0.3 is 10.4 Å². The number of anilines is 1. The second-order valence-corrected chi connectivity index (χ2v) is 5.21. The Labute approximate surface area is 130 Å². The van der Waals surface area contributed by atoms with Crippen molar-refractivity contribution in [1.29, 1.82) is 0 Å². The normalized spacial score (nSPS) is 12.5. The molecule has 0 aliphatic heterocycles. The van der Waals surface area contributed by atoms with E-state index >= 15 is 0 Å². The van der Waals surface area contributed by atoms with Gasteiger partial charge in [-0.05, 0) is 36.8 Å². The molecule has 1 atom stereocenters. The van der Waals surface area contributed by atoms with Gasteiger partial charge in [-0.2, -0.15) is 4.52 Å². The lowest BCUT2D eigenvalue weighted by Crippen LogP contribution is -2.14. The number of nitrogens with one attached hydrogen (secondary N) is 1. The Kier molecular flexibility index (Phi) is 3.91. The molecule has 1 unspecified atom stereocenters. The smallest absolute Gasteiger partial charge is 0.178 e. The standard InChI is InChI=1S/C14H13ClFN5O/c1-8-18-19-14-5-4-13(20-21(8)14)17-7-12(22)9-2-3-10(15)11(16)6-9/h2-6,12,22H,7H2,1H3,(H,17,20). The van der Waals surface area contributed by atoms with Crippen LogP contribution in [0.5, 0.6) is 0 Å². The zero-order chi connectivity index (χ0) is 15.7. The molecule has 0 amide bonds. The molecule has 2 heterocycles. The summed E-state index contributed by atoms with van der Waals surface area (Å²) in [7, 11) is 0. The van der Waals surface area contributed by atoms with Gasteiger partial charge in [-0.15, -0.1) is 15.3 Å². The van der Waals surface area contributed by atoms with Crippen molar-refractivity contribution in [1.82, 2.24) is 19.8 Å². The summed E-state index contributed by atoms with van der Waals surface area (Å²) in [5.74, 6) is 0.667. The van der Waals surface area contributed by atoms with Gasteiger partial charge in [-0.3, -0.25) is 0 Å². The number of nitrogens with zero attached hydrogens (tertiary/aromatic N) is 4. The van der Waals surface area contributed by atoms with Crippen LogP contribution in [0, 0.1) is 12.7 Å². The van der Waals surface area contributed by atoms with Crippen molar-refractivity contribution in [3.8, 4) is 0 Å². The monoisotopic (exact) mass is 321 g/mol. The Balaban J connectivity index is 1.72. The topological polar surface area (TPSA) is 75.3 Å². The van der Waals surface area contributed by atoms with Crippen molar-refractivity contribution in [3.05, 3.63) is 52.6 Å². The summed E-state index contributed by atoms with van der Waals surface area (Å²) in [4.78, 5) is 0. The molecule has 2 aromatic heterocycles. The zero-order valence-electron chi connectivity index (χ0n) is 11.7. The molecule has 1 aromatic carbocycles. The number of hydrogen-bond donors (Lipinski definition) is 2. The minimum absolute atomic E-state index is 0.0270. The summed E-state index contributed by atoms with van der Waals surface area (Å²) in [5, 5.41) is 25.3. The van der Waals surface area contributed by atoms with Crippen molar-refractivity contribution >= 4 is 23.1 Å². The van der Waals surface area contributed by atoms with Gasteiger partial charge in [0, 0.05) is 6.54 Å². The van der Waals surface area contributed by atoms with Gasteiger partial charge in [-0.25, -0.2) is 4.39 Å². The van der Waals surface area contributed by atoms with Gasteiger partial charge in [0.25, 0.3) is 0 Å². The van der Waals surface area contributed by atoms with Crippen molar-refractivity contribution in [3.63, 3.8) is 0 Å². The molecular weight excluding hydrogens is 309 g/mol. The fourth-order valence-electron chi connectivity index (χ4n) is 2.03. The van der Waals surface area contributed by atoms with E-state index < -0.39 is 11.9 Å². The summed E-state index contributed by atoms with van der Waals surface area (Å²) in [5.41, 5.74) is 1.08. The number of halogens is 2. The van der Waals surface area contributed by atoms with E-state index in [1.807, 2.05) is 0 Å². The first kappa shape index (κ1) is 14.7. The molecule has 3 aromatic rings. The average molecular weight is 322 g/mol. The second-order valence-electron chi connectivity index (χ2n) is 4.81. The molecule has 8 heteroatoms. The quantitative estimate of drug-likeness (QED) is 0.771. The van der Waals surface area contributed by atoms with E-state index in [1.54, 1.807) is 29.6 Å². The maximum absolute atomic E-state index is 13.4. The molecule has 0 saturated carbocycles. The minimum atomic E-state index is -0.883. The third-order valence-corrected chi connectivity index (χ3v) is 3.53. The Morgan fingerprint density at radius 3 is 2.91 bits per heavy atom. The Hall–Kier alpha value is -2.25. The van der Waals surface area contributed by atoms with Crippen LogP contribution in [0.2, 0.25) is 5.02 Å². The van der Waals surface area contributed by atoms with Crippen LogP contribution in [0.25, 0.3) is 5.65 Å². The number of aromatic nitrogens is 4. The van der Waals surface area contributed by atoms with Crippen LogP contribution < -0.4 is 5.32 Å². The fourth-order valence-corrected chi connectivity index (χ4v) is 2.15. The molecule has 6 nitrogen and oxygen atoms in total. The summed E-state index contributed by atoms with van der Waals surface area (Å²) >= 11 is 5.62. The first-order valence-electron chi connectivity index (χ1n) is 6.60. The molecule has 0 aliphatic carbocycles. The van der Waals surface area contributed by atoms with Crippen molar-refractivity contribution in [2.24, 2.45) is 0 Å². The Bertz CT molecular complexity index is 822. The van der Waals surface area contributed by atoms with Crippen molar-refractivity contribution in [2.45, 2.75) is 13.0 Å². The summed E-state index contributed by atoms with van der Waals surface area (Å²) < 4.78 is 15.0. The molecule has 0 radical (unpaired) electrons. The number of aliphatic hydroxyl groups excluding tert-OH is 1. The Morgan fingerprint density at radius 2 is 2.14 bits per heavy atom. The average Bonchev–Trinajstić information content (AvgIpc) is 2.88. The molecule has 0 bridgehead atoms. The highest BCUT2D eigenvalue weighted by Gasteiger charge is 2.11. The van der Waals surface area contributed by atoms with Gasteiger partial charge in [0.1, 0.15) is 11.6 Å². The third-order valence-electron chi connectivity index (χ3n) is 3.22. The van der Waals surface area contributed by atoms with Gasteiger partial charge in [-0.1, -0.05) is 17.7 Å². The molecule has 0 saturated heterocycles. The first-order valence-corrected chi connectivity index (χ1v) is 6.98. The largest absolute Gasteiger partial charge is 0.387 e. The van der Waals surface area contributed by atoms with E-state index in [1.165, 1.54) is 12.1 Å². The van der Waals surface area contributed by atoms with Crippen molar-refractivity contribution < 1.29 is 9.50 Å². The minimum Gasteiger partial charge on any atom is -0.387 e. The molecule has 2 N–H and O–H groups in total. The highest BCUT2D eigenvalue weighted by molar-refractivity contribution is 6.30. The van der Waals surface area contributed by atoms with Crippen LogP contribution in [-0.4, -0.2) is 31.5 Å². The molecule has 114 valence electrons.